The van der Waals surface area contributed by atoms with Crippen LogP contribution in [0.4, 0.5) is 5.82 Å². The van der Waals surface area contributed by atoms with Crippen LogP contribution in [0.2, 0.25) is 0 Å². The molecule has 0 aliphatic carbocycles. The van der Waals surface area contributed by atoms with Crippen molar-refractivity contribution in [3.8, 4) is 0 Å². The van der Waals surface area contributed by atoms with Gasteiger partial charge in [-0.3, -0.25) is 4.98 Å². The van der Waals surface area contributed by atoms with Gasteiger partial charge in [-0.05, 0) is 45.2 Å². The van der Waals surface area contributed by atoms with Crippen LogP contribution in [0.15, 0.2) is 6.20 Å². The van der Waals surface area contributed by atoms with Crippen molar-refractivity contribution >= 4 is 5.82 Å². The lowest BCUT2D eigenvalue weighted by atomic mass is 9.81. The lowest BCUT2D eigenvalue weighted by Crippen LogP contribution is -2.39. The second-order valence-electron chi connectivity index (χ2n) is 5.36. The molecule has 1 aromatic rings. The fourth-order valence-electron chi connectivity index (χ4n) is 2.21. The number of nitrogens with zero attached hydrogens (tertiary/aromatic N) is 2. The van der Waals surface area contributed by atoms with Gasteiger partial charge in [0.25, 0.3) is 0 Å². The fraction of sp³-hybridized carbons (Fsp3) is 0.692. The molecule has 0 radical (unpaired) electrons. The second-order valence-corrected chi connectivity index (χ2v) is 5.36. The van der Waals surface area contributed by atoms with Gasteiger partial charge in [0.2, 0.25) is 0 Å². The molecule has 1 aliphatic rings. The van der Waals surface area contributed by atoms with Crippen molar-refractivity contribution < 1.29 is 0 Å². The molecule has 1 fully saturated rings. The minimum atomic E-state index is 0.378. The van der Waals surface area contributed by atoms with E-state index >= 15 is 0 Å². The lowest BCUT2D eigenvalue weighted by Gasteiger charge is -2.34. The molecule has 1 aliphatic heterocycles. The maximum absolute atomic E-state index is 4.50. The SMILES string of the molecule is Cc1cnc(C)c(NCC2(C)CCNCC2)n1. The van der Waals surface area contributed by atoms with Gasteiger partial charge >= 0.3 is 0 Å². The Labute approximate surface area is 103 Å². The molecule has 2 rings (SSSR count). The van der Waals surface area contributed by atoms with Gasteiger partial charge in [0.1, 0.15) is 5.82 Å². The van der Waals surface area contributed by atoms with Crippen LogP contribution in [-0.4, -0.2) is 29.6 Å². The topological polar surface area (TPSA) is 49.8 Å². The van der Waals surface area contributed by atoms with Gasteiger partial charge in [-0.2, -0.15) is 0 Å². The number of aryl methyl sites for hydroxylation is 2. The Bertz CT molecular complexity index is 383. The molecule has 4 nitrogen and oxygen atoms in total. The quantitative estimate of drug-likeness (QED) is 0.838. The molecule has 4 heteroatoms. The number of anilines is 1. The molecule has 0 spiro atoms. The molecule has 0 unspecified atom stereocenters. The average Bonchev–Trinajstić information content (AvgIpc) is 2.31. The molecule has 1 saturated heterocycles. The van der Waals surface area contributed by atoms with Gasteiger partial charge in [-0.1, -0.05) is 6.92 Å². The van der Waals surface area contributed by atoms with Crippen LogP contribution in [0.1, 0.15) is 31.2 Å². The van der Waals surface area contributed by atoms with E-state index in [4.69, 9.17) is 0 Å². The van der Waals surface area contributed by atoms with E-state index in [9.17, 15) is 0 Å². The fourth-order valence-corrected chi connectivity index (χ4v) is 2.21. The highest BCUT2D eigenvalue weighted by Crippen LogP contribution is 2.28. The summed E-state index contributed by atoms with van der Waals surface area (Å²) < 4.78 is 0. The van der Waals surface area contributed by atoms with E-state index in [1.807, 2.05) is 20.0 Å². The number of rotatable bonds is 3. The normalized spacial score (nSPS) is 19.0. The van der Waals surface area contributed by atoms with Crippen LogP contribution in [0.3, 0.4) is 0 Å². The minimum absolute atomic E-state index is 0.378. The zero-order valence-electron chi connectivity index (χ0n) is 11.0. The van der Waals surface area contributed by atoms with Gasteiger partial charge in [-0.25, -0.2) is 4.98 Å². The molecule has 0 atom stereocenters. The van der Waals surface area contributed by atoms with Gasteiger partial charge in [0.05, 0.1) is 11.4 Å². The summed E-state index contributed by atoms with van der Waals surface area (Å²) in [7, 11) is 0. The summed E-state index contributed by atoms with van der Waals surface area (Å²) in [5.74, 6) is 0.935. The summed E-state index contributed by atoms with van der Waals surface area (Å²) in [6.45, 7) is 9.55. The highest BCUT2D eigenvalue weighted by Gasteiger charge is 2.26. The lowest BCUT2D eigenvalue weighted by molar-refractivity contribution is 0.247. The first-order valence-electron chi connectivity index (χ1n) is 6.34. The van der Waals surface area contributed by atoms with Crippen LogP contribution in [0.5, 0.6) is 0 Å². The van der Waals surface area contributed by atoms with E-state index in [1.54, 1.807) is 0 Å². The van der Waals surface area contributed by atoms with Gasteiger partial charge in [-0.15, -0.1) is 0 Å². The minimum Gasteiger partial charge on any atom is -0.368 e. The first kappa shape index (κ1) is 12.3. The van der Waals surface area contributed by atoms with Crippen LogP contribution >= 0.6 is 0 Å². The largest absolute Gasteiger partial charge is 0.368 e. The third-order valence-corrected chi connectivity index (χ3v) is 3.57. The molecular weight excluding hydrogens is 212 g/mol. The Kier molecular flexibility index (Phi) is 3.62. The van der Waals surface area contributed by atoms with E-state index < -0.39 is 0 Å². The maximum Gasteiger partial charge on any atom is 0.147 e. The zero-order valence-corrected chi connectivity index (χ0v) is 11.0. The Balaban J connectivity index is 1.99. The molecule has 2 N–H and O–H groups in total. The van der Waals surface area contributed by atoms with E-state index in [-0.39, 0.29) is 0 Å². The van der Waals surface area contributed by atoms with Crippen LogP contribution in [0.25, 0.3) is 0 Å². The number of nitrogens with one attached hydrogen (secondary N) is 2. The predicted octanol–water partition coefficient (Wildman–Crippen LogP) is 1.90. The average molecular weight is 234 g/mol. The van der Waals surface area contributed by atoms with Gasteiger partial charge < -0.3 is 10.6 Å². The molecule has 94 valence electrons. The van der Waals surface area contributed by atoms with E-state index in [2.05, 4.69) is 27.5 Å². The molecule has 17 heavy (non-hydrogen) atoms. The molecule has 0 saturated carbocycles. The van der Waals surface area contributed by atoms with Gasteiger partial charge in [0, 0.05) is 12.7 Å². The monoisotopic (exact) mass is 234 g/mol. The van der Waals surface area contributed by atoms with Crippen molar-refractivity contribution in [2.45, 2.75) is 33.6 Å². The third-order valence-electron chi connectivity index (χ3n) is 3.57. The van der Waals surface area contributed by atoms with Gasteiger partial charge in [0.15, 0.2) is 0 Å². The summed E-state index contributed by atoms with van der Waals surface area (Å²) >= 11 is 0. The Morgan fingerprint density at radius 3 is 2.76 bits per heavy atom. The Hall–Kier alpha value is -1.16. The van der Waals surface area contributed by atoms with Crippen molar-refractivity contribution in [2.24, 2.45) is 5.41 Å². The van der Waals surface area contributed by atoms with E-state index in [0.29, 0.717) is 5.41 Å². The van der Waals surface area contributed by atoms with Crippen molar-refractivity contribution in [2.75, 3.05) is 25.0 Å². The smallest absolute Gasteiger partial charge is 0.147 e. The summed E-state index contributed by atoms with van der Waals surface area (Å²) in [5, 5.41) is 6.87. The Morgan fingerprint density at radius 1 is 1.35 bits per heavy atom. The number of aromatic nitrogens is 2. The van der Waals surface area contributed by atoms with E-state index in [1.165, 1.54) is 12.8 Å². The summed E-state index contributed by atoms with van der Waals surface area (Å²) in [4.78, 5) is 8.83. The standard InChI is InChI=1S/C13H22N4/c1-10-8-15-11(2)12(17-10)16-9-13(3)4-6-14-7-5-13/h8,14H,4-7,9H2,1-3H3,(H,16,17). The van der Waals surface area contributed by atoms with Crippen LogP contribution < -0.4 is 10.6 Å². The number of hydrogen-bond donors (Lipinski definition) is 2. The summed E-state index contributed by atoms with van der Waals surface area (Å²) in [6.07, 6.45) is 4.25. The third kappa shape index (κ3) is 3.16. The van der Waals surface area contributed by atoms with Crippen molar-refractivity contribution in [3.63, 3.8) is 0 Å². The van der Waals surface area contributed by atoms with Crippen LogP contribution in [0, 0.1) is 19.3 Å². The molecule has 0 bridgehead atoms. The number of hydrogen-bond acceptors (Lipinski definition) is 4. The molecule has 1 aromatic heterocycles. The second kappa shape index (κ2) is 5.00. The molecule has 0 amide bonds. The molecule has 2 heterocycles. The van der Waals surface area contributed by atoms with E-state index in [0.717, 1.165) is 36.8 Å². The summed E-state index contributed by atoms with van der Waals surface area (Å²) in [6, 6.07) is 0. The summed E-state index contributed by atoms with van der Waals surface area (Å²) in [5.41, 5.74) is 2.32. The van der Waals surface area contributed by atoms with Crippen molar-refractivity contribution in [1.82, 2.24) is 15.3 Å². The Morgan fingerprint density at radius 2 is 2.06 bits per heavy atom. The maximum atomic E-state index is 4.50. The zero-order chi connectivity index (χ0) is 12.3. The highest BCUT2D eigenvalue weighted by molar-refractivity contribution is 5.39. The van der Waals surface area contributed by atoms with Crippen LogP contribution in [-0.2, 0) is 0 Å². The first-order valence-corrected chi connectivity index (χ1v) is 6.34. The first-order chi connectivity index (χ1) is 8.09. The van der Waals surface area contributed by atoms with Crippen molar-refractivity contribution in [3.05, 3.63) is 17.6 Å². The predicted molar refractivity (Wildman–Crippen MR) is 70.2 cm³/mol. The molecule has 0 aromatic carbocycles. The highest BCUT2D eigenvalue weighted by atomic mass is 15.0. The number of piperidine rings is 1. The van der Waals surface area contributed by atoms with Crippen molar-refractivity contribution in [1.29, 1.82) is 0 Å². The molecular formula is C13H22N4.